The summed E-state index contributed by atoms with van der Waals surface area (Å²) in [6, 6.07) is 9.49. The number of hydrogen-bond donors (Lipinski definition) is 1. The summed E-state index contributed by atoms with van der Waals surface area (Å²) >= 11 is 0. The Balaban J connectivity index is 1.78. The summed E-state index contributed by atoms with van der Waals surface area (Å²) in [5.74, 6) is -0.344. The number of nitro benzene ring substituents is 1. The van der Waals surface area contributed by atoms with E-state index >= 15 is 0 Å². The van der Waals surface area contributed by atoms with E-state index in [1.54, 1.807) is 12.1 Å². The Morgan fingerprint density at radius 3 is 2.54 bits per heavy atom. The molecule has 0 radical (unpaired) electrons. The van der Waals surface area contributed by atoms with Crippen molar-refractivity contribution >= 4 is 17.9 Å². The van der Waals surface area contributed by atoms with Crippen LogP contribution in [0.2, 0.25) is 0 Å². The molecule has 0 aliphatic heterocycles. The minimum atomic E-state index is -2.89. The van der Waals surface area contributed by atoms with Crippen LogP contribution in [-0.2, 0) is 11.2 Å². The molecule has 0 aliphatic rings. The molecule has 1 amide bonds. The molecule has 0 saturated heterocycles. The quantitative estimate of drug-likeness (QED) is 0.377. The number of nitro groups is 1. The van der Waals surface area contributed by atoms with Crippen molar-refractivity contribution in [1.29, 1.82) is 0 Å². The van der Waals surface area contributed by atoms with Crippen molar-refractivity contribution < 1.29 is 32.8 Å². The van der Waals surface area contributed by atoms with Crippen LogP contribution in [0.3, 0.4) is 0 Å². The number of non-ortho nitro benzene ring substituents is 1. The Bertz CT molecular complexity index is 842. The maximum atomic E-state index is 12.1. The molecule has 2 aromatic rings. The van der Waals surface area contributed by atoms with E-state index in [-0.39, 0.29) is 35.9 Å². The van der Waals surface area contributed by atoms with Gasteiger partial charge < -0.3 is 14.8 Å². The highest BCUT2D eigenvalue weighted by Crippen LogP contribution is 2.22. The van der Waals surface area contributed by atoms with Crippen LogP contribution in [0.4, 0.5) is 14.5 Å². The Kier molecular flexibility index (Phi) is 7.37. The zero-order valence-corrected chi connectivity index (χ0v) is 14.5. The van der Waals surface area contributed by atoms with Crippen LogP contribution >= 0.6 is 0 Å². The van der Waals surface area contributed by atoms with E-state index in [2.05, 4.69) is 10.1 Å². The van der Waals surface area contributed by atoms with E-state index in [0.29, 0.717) is 12.7 Å². The van der Waals surface area contributed by atoms with Crippen LogP contribution in [0.15, 0.2) is 42.5 Å². The first-order chi connectivity index (χ1) is 13.4. The Hall–Kier alpha value is -3.56. The molecular weight excluding hydrogens is 378 g/mol. The van der Waals surface area contributed by atoms with Crippen molar-refractivity contribution in [3.8, 4) is 11.5 Å². The van der Waals surface area contributed by atoms with Gasteiger partial charge in [-0.15, -0.1) is 0 Å². The zero-order valence-electron chi connectivity index (χ0n) is 14.5. The minimum absolute atomic E-state index is 0.0342. The number of benzene rings is 2. The summed E-state index contributed by atoms with van der Waals surface area (Å²) in [5.41, 5.74) is 0.512. The van der Waals surface area contributed by atoms with Gasteiger partial charge in [-0.2, -0.15) is 8.78 Å². The lowest BCUT2D eigenvalue weighted by Crippen LogP contribution is -2.30. The molecule has 2 rings (SSSR count). The number of amides is 1. The fourth-order valence-corrected chi connectivity index (χ4v) is 2.25. The Morgan fingerprint density at radius 2 is 1.93 bits per heavy atom. The molecule has 10 heteroatoms. The molecule has 28 heavy (non-hydrogen) atoms. The molecule has 0 heterocycles. The van der Waals surface area contributed by atoms with Gasteiger partial charge in [0.15, 0.2) is 12.9 Å². The molecule has 0 spiro atoms. The smallest absolute Gasteiger partial charge is 0.387 e. The van der Waals surface area contributed by atoms with Gasteiger partial charge in [0, 0.05) is 18.7 Å². The molecule has 8 nitrogen and oxygen atoms in total. The summed E-state index contributed by atoms with van der Waals surface area (Å²) in [6.45, 7) is -2.99. The zero-order chi connectivity index (χ0) is 20.5. The maximum absolute atomic E-state index is 12.1. The van der Waals surface area contributed by atoms with Crippen LogP contribution in [0, 0.1) is 10.1 Å². The number of carbonyl (C=O) groups excluding carboxylic acids is 2. The summed E-state index contributed by atoms with van der Waals surface area (Å²) in [5, 5.41) is 13.3. The molecule has 0 aromatic heterocycles. The van der Waals surface area contributed by atoms with Gasteiger partial charge in [0.25, 0.3) is 11.6 Å². The Morgan fingerprint density at radius 1 is 1.21 bits per heavy atom. The van der Waals surface area contributed by atoms with Gasteiger partial charge in [0.1, 0.15) is 11.5 Å². The minimum Gasteiger partial charge on any atom is -0.483 e. The highest BCUT2D eigenvalue weighted by atomic mass is 19.3. The number of aldehydes is 1. The van der Waals surface area contributed by atoms with Crippen LogP contribution in [0.25, 0.3) is 0 Å². The standard InChI is InChI=1S/C18H16F2N2O6/c19-18(20)28-15-4-1-12(2-5-15)7-8-21-17(24)11-27-16-6-3-14(22(25)26)9-13(16)10-23/h1-6,9-10,18H,7-8,11H2,(H,21,24). The molecule has 1 N–H and O–H groups in total. The van der Waals surface area contributed by atoms with Gasteiger partial charge in [0.05, 0.1) is 10.5 Å². The lowest BCUT2D eigenvalue weighted by Gasteiger charge is -2.09. The average molecular weight is 394 g/mol. The number of hydrogen-bond acceptors (Lipinski definition) is 6. The fraction of sp³-hybridized carbons (Fsp3) is 0.222. The SMILES string of the molecule is O=Cc1cc([N+](=O)[O-])ccc1OCC(=O)NCCc1ccc(OC(F)F)cc1. The van der Waals surface area contributed by atoms with Crippen molar-refractivity contribution in [3.05, 3.63) is 63.7 Å². The molecular formula is C18H16F2N2O6. The van der Waals surface area contributed by atoms with Crippen molar-refractivity contribution in [2.45, 2.75) is 13.0 Å². The second-order valence-corrected chi connectivity index (χ2v) is 5.51. The summed E-state index contributed by atoms with van der Waals surface area (Å²) < 4.78 is 33.6. The third-order valence-corrected chi connectivity index (χ3v) is 3.57. The number of nitrogens with zero attached hydrogens (tertiary/aromatic N) is 1. The molecule has 0 saturated carbocycles. The third kappa shape index (κ3) is 6.31. The number of halogens is 2. The predicted molar refractivity (Wildman–Crippen MR) is 93.8 cm³/mol. The second kappa shape index (κ2) is 9.95. The largest absolute Gasteiger partial charge is 0.483 e. The van der Waals surface area contributed by atoms with E-state index in [1.165, 1.54) is 24.3 Å². The normalized spacial score (nSPS) is 10.4. The van der Waals surface area contributed by atoms with E-state index in [4.69, 9.17) is 4.74 Å². The number of alkyl halides is 2. The van der Waals surface area contributed by atoms with Crippen LogP contribution < -0.4 is 14.8 Å². The van der Waals surface area contributed by atoms with E-state index in [1.807, 2.05) is 0 Å². The van der Waals surface area contributed by atoms with Crippen molar-refractivity contribution in [2.75, 3.05) is 13.2 Å². The van der Waals surface area contributed by atoms with Crippen LogP contribution in [0.1, 0.15) is 15.9 Å². The number of nitrogens with one attached hydrogen (secondary N) is 1. The highest BCUT2D eigenvalue weighted by Gasteiger charge is 2.12. The van der Waals surface area contributed by atoms with Crippen molar-refractivity contribution in [3.63, 3.8) is 0 Å². The summed E-state index contributed by atoms with van der Waals surface area (Å²) in [4.78, 5) is 32.9. The summed E-state index contributed by atoms with van der Waals surface area (Å²) in [6.07, 6.45) is 0.861. The van der Waals surface area contributed by atoms with Gasteiger partial charge in [-0.3, -0.25) is 19.7 Å². The van der Waals surface area contributed by atoms with Crippen LogP contribution in [-0.4, -0.2) is 36.9 Å². The first kappa shape index (κ1) is 20.7. The lowest BCUT2D eigenvalue weighted by atomic mass is 10.1. The van der Waals surface area contributed by atoms with Gasteiger partial charge in [-0.1, -0.05) is 12.1 Å². The first-order valence-electron chi connectivity index (χ1n) is 8.06. The van der Waals surface area contributed by atoms with Gasteiger partial charge in [-0.05, 0) is 30.2 Å². The van der Waals surface area contributed by atoms with Gasteiger partial charge in [-0.25, -0.2) is 0 Å². The topological polar surface area (TPSA) is 108 Å². The number of carbonyl (C=O) groups is 2. The van der Waals surface area contributed by atoms with Crippen molar-refractivity contribution in [2.24, 2.45) is 0 Å². The maximum Gasteiger partial charge on any atom is 0.387 e. The third-order valence-electron chi connectivity index (χ3n) is 3.57. The fourth-order valence-electron chi connectivity index (χ4n) is 2.25. The monoisotopic (exact) mass is 394 g/mol. The van der Waals surface area contributed by atoms with Gasteiger partial charge in [0.2, 0.25) is 0 Å². The predicted octanol–water partition coefficient (Wildman–Crippen LogP) is 2.75. The molecule has 148 valence electrons. The van der Waals surface area contributed by atoms with Gasteiger partial charge >= 0.3 is 6.61 Å². The molecule has 0 aliphatic carbocycles. The van der Waals surface area contributed by atoms with Crippen LogP contribution in [0.5, 0.6) is 11.5 Å². The van der Waals surface area contributed by atoms with Crippen molar-refractivity contribution in [1.82, 2.24) is 5.32 Å². The molecule has 0 unspecified atom stereocenters. The summed E-state index contributed by atoms with van der Waals surface area (Å²) in [7, 11) is 0. The molecule has 2 aromatic carbocycles. The first-order valence-corrected chi connectivity index (χ1v) is 8.06. The lowest BCUT2D eigenvalue weighted by molar-refractivity contribution is -0.384. The van der Waals surface area contributed by atoms with E-state index < -0.39 is 17.4 Å². The Labute approximate surface area is 158 Å². The molecule has 0 atom stereocenters. The van der Waals surface area contributed by atoms with E-state index in [9.17, 15) is 28.5 Å². The average Bonchev–Trinajstić information content (AvgIpc) is 2.67. The molecule has 0 fully saturated rings. The number of rotatable bonds is 10. The van der Waals surface area contributed by atoms with E-state index in [0.717, 1.165) is 11.6 Å². The highest BCUT2D eigenvalue weighted by molar-refractivity contribution is 5.81. The molecule has 0 bridgehead atoms. The number of ether oxygens (including phenoxy) is 2. The second-order valence-electron chi connectivity index (χ2n) is 5.51.